The maximum atomic E-state index is 9.16. The molecule has 1 fully saturated rings. The minimum Gasteiger partial charge on any atom is -0.394 e. The number of aliphatic hydroxyl groups is 1. The molecule has 84 valence electrons. The number of aromatic nitrogens is 3. The zero-order chi connectivity index (χ0) is 11.1. The van der Waals surface area contributed by atoms with E-state index in [1.54, 1.807) is 0 Å². The van der Waals surface area contributed by atoms with Crippen LogP contribution in [0.1, 0.15) is 30.5 Å². The molecule has 1 heterocycles. The molecule has 2 aromatic rings. The van der Waals surface area contributed by atoms with Gasteiger partial charge in [0.05, 0.1) is 24.2 Å². The minimum atomic E-state index is -0.361. The molecule has 0 aliphatic heterocycles. The van der Waals surface area contributed by atoms with Gasteiger partial charge in [-0.05, 0) is 24.5 Å². The molecule has 1 atom stereocenters. The van der Waals surface area contributed by atoms with Crippen molar-refractivity contribution >= 4 is 11.0 Å². The summed E-state index contributed by atoms with van der Waals surface area (Å²) in [5, 5.41) is 17.5. The van der Waals surface area contributed by atoms with Gasteiger partial charge in [0.25, 0.3) is 0 Å². The summed E-state index contributed by atoms with van der Waals surface area (Å²) in [5.41, 5.74) is 8.65. The van der Waals surface area contributed by atoms with E-state index in [1.165, 1.54) is 0 Å². The third-order valence-corrected chi connectivity index (χ3v) is 3.01. The summed E-state index contributed by atoms with van der Waals surface area (Å²) < 4.78 is 1.94. The Bertz CT molecular complexity index is 518. The fourth-order valence-electron chi connectivity index (χ4n) is 1.99. The highest BCUT2D eigenvalue weighted by molar-refractivity contribution is 5.79. The number of hydrogen-bond acceptors (Lipinski definition) is 4. The molecule has 1 aromatic carbocycles. The van der Waals surface area contributed by atoms with Crippen molar-refractivity contribution in [2.24, 2.45) is 5.73 Å². The highest BCUT2D eigenvalue weighted by atomic mass is 16.3. The first-order chi connectivity index (χ1) is 7.81. The number of nitrogens with zero attached hydrogens (tertiary/aromatic N) is 3. The van der Waals surface area contributed by atoms with Crippen molar-refractivity contribution in [1.82, 2.24) is 15.0 Å². The number of nitrogens with two attached hydrogens (primary N) is 1. The van der Waals surface area contributed by atoms with Crippen molar-refractivity contribution in [3.63, 3.8) is 0 Å². The first-order valence-corrected chi connectivity index (χ1v) is 5.51. The highest BCUT2D eigenvalue weighted by Crippen LogP contribution is 2.37. The van der Waals surface area contributed by atoms with Crippen LogP contribution >= 0.6 is 0 Å². The quantitative estimate of drug-likeness (QED) is 0.797. The molecule has 3 N–H and O–H groups in total. The maximum Gasteiger partial charge on any atom is 0.113 e. The normalized spacial score (nSPS) is 17.9. The highest BCUT2D eigenvalue weighted by Gasteiger charge is 2.28. The van der Waals surface area contributed by atoms with Gasteiger partial charge in [-0.15, -0.1) is 5.10 Å². The summed E-state index contributed by atoms with van der Waals surface area (Å²) in [6.45, 7) is -0.0606. The summed E-state index contributed by atoms with van der Waals surface area (Å²) >= 11 is 0. The molecule has 1 aliphatic rings. The van der Waals surface area contributed by atoms with Crippen molar-refractivity contribution in [3.05, 3.63) is 23.8 Å². The SMILES string of the molecule is NC(CO)c1cccc2nnn(C3CC3)c12. The number of para-hydroxylation sites is 1. The van der Waals surface area contributed by atoms with Gasteiger partial charge >= 0.3 is 0 Å². The lowest BCUT2D eigenvalue weighted by molar-refractivity contribution is 0.268. The Kier molecular flexibility index (Phi) is 2.15. The van der Waals surface area contributed by atoms with Crippen LogP contribution in [0.5, 0.6) is 0 Å². The number of rotatable bonds is 3. The Morgan fingerprint density at radius 3 is 3.00 bits per heavy atom. The first-order valence-electron chi connectivity index (χ1n) is 5.51. The van der Waals surface area contributed by atoms with E-state index in [0.29, 0.717) is 6.04 Å². The van der Waals surface area contributed by atoms with Crippen molar-refractivity contribution in [1.29, 1.82) is 0 Å². The molecule has 1 saturated carbocycles. The van der Waals surface area contributed by atoms with Crippen LogP contribution in [0.4, 0.5) is 0 Å². The molecule has 3 rings (SSSR count). The van der Waals surface area contributed by atoms with Crippen molar-refractivity contribution in [2.75, 3.05) is 6.61 Å². The van der Waals surface area contributed by atoms with Gasteiger partial charge in [-0.3, -0.25) is 0 Å². The average molecular weight is 218 g/mol. The van der Waals surface area contributed by atoms with Crippen LogP contribution in [0.3, 0.4) is 0 Å². The fourth-order valence-corrected chi connectivity index (χ4v) is 1.99. The van der Waals surface area contributed by atoms with Gasteiger partial charge in [-0.25, -0.2) is 4.68 Å². The number of hydrogen-bond donors (Lipinski definition) is 2. The van der Waals surface area contributed by atoms with Gasteiger partial charge in [0.15, 0.2) is 0 Å². The van der Waals surface area contributed by atoms with Gasteiger partial charge < -0.3 is 10.8 Å². The Morgan fingerprint density at radius 1 is 1.50 bits per heavy atom. The molecule has 0 spiro atoms. The van der Waals surface area contributed by atoms with Crippen molar-refractivity contribution in [3.8, 4) is 0 Å². The van der Waals surface area contributed by atoms with E-state index >= 15 is 0 Å². The van der Waals surface area contributed by atoms with E-state index in [-0.39, 0.29) is 12.6 Å². The lowest BCUT2D eigenvalue weighted by Crippen LogP contribution is -2.16. The van der Waals surface area contributed by atoms with Crippen LogP contribution in [-0.2, 0) is 0 Å². The van der Waals surface area contributed by atoms with E-state index in [9.17, 15) is 0 Å². The Morgan fingerprint density at radius 2 is 2.31 bits per heavy atom. The Hall–Kier alpha value is -1.46. The topological polar surface area (TPSA) is 77.0 Å². The van der Waals surface area contributed by atoms with Gasteiger partial charge in [0, 0.05) is 0 Å². The third-order valence-electron chi connectivity index (χ3n) is 3.01. The Balaban J connectivity index is 2.21. The van der Waals surface area contributed by atoms with E-state index < -0.39 is 0 Å². The summed E-state index contributed by atoms with van der Waals surface area (Å²) in [7, 11) is 0. The average Bonchev–Trinajstić information content (AvgIpc) is 3.07. The Labute approximate surface area is 92.9 Å². The molecular formula is C11H14N4O. The van der Waals surface area contributed by atoms with Crippen LogP contribution < -0.4 is 5.73 Å². The number of aliphatic hydroxyl groups excluding tert-OH is 1. The largest absolute Gasteiger partial charge is 0.394 e. The third kappa shape index (κ3) is 1.40. The zero-order valence-electron chi connectivity index (χ0n) is 8.87. The molecular weight excluding hydrogens is 204 g/mol. The van der Waals surface area contributed by atoms with Gasteiger partial charge in [0.2, 0.25) is 0 Å². The second-order valence-electron chi connectivity index (χ2n) is 4.27. The first kappa shape index (κ1) is 9.74. The minimum absolute atomic E-state index is 0.0606. The van der Waals surface area contributed by atoms with Crippen LogP contribution in [0.15, 0.2) is 18.2 Å². The lowest BCUT2D eigenvalue weighted by atomic mass is 10.1. The summed E-state index contributed by atoms with van der Waals surface area (Å²) in [4.78, 5) is 0. The standard InChI is InChI=1S/C11H14N4O/c12-9(6-16)8-2-1-3-10-11(8)15(14-13-10)7-4-5-7/h1-3,7,9,16H,4-6,12H2. The van der Waals surface area contributed by atoms with Crippen molar-refractivity contribution in [2.45, 2.75) is 24.9 Å². The molecule has 0 radical (unpaired) electrons. The molecule has 1 unspecified atom stereocenters. The smallest absolute Gasteiger partial charge is 0.113 e. The molecule has 0 saturated heterocycles. The van der Waals surface area contributed by atoms with Gasteiger partial charge in [0.1, 0.15) is 5.52 Å². The maximum absolute atomic E-state index is 9.16. The second kappa shape index (κ2) is 3.54. The molecule has 5 heteroatoms. The van der Waals surface area contributed by atoms with Crippen LogP contribution in [-0.4, -0.2) is 26.7 Å². The number of benzene rings is 1. The second-order valence-corrected chi connectivity index (χ2v) is 4.27. The fraction of sp³-hybridized carbons (Fsp3) is 0.455. The van der Waals surface area contributed by atoms with E-state index in [2.05, 4.69) is 10.3 Å². The van der Waals surface area contributed by atoms with Crippen LogP contribution in [0, 0.1) is 0 Å². The number of fused-ring (bicyclic) bond motifs is 1. The van der Waals surface area contributed by atoms with Gasteiger partial charge in [-0.1, -0.05) is 17.3 Å². The van der Waals surface area contributed by atoms with E-state index in [0.717, 1.165) is 29.4 Å². The van der Waals surface area contributed by atoms with E-state index in [1.807, 2.05) is 22.9 Å². The molecule has 5 nitrogen and oxygen atoms in total. The molecule has 1 aliphatic carbocycles. The summed E-state index contributed by atoms with van der Waals surface area (Å²) in [6, 6.07) is 5.87. The monoisotopic (exact) mass is 218 g/mol. The van der Waals surface area contributed by atoms with Gasteiger partial charge in [-0.2, -0.15) is 0 Å². The van der Waals surface area contributed by atoms with Crippen LogP contribution in [0.2, 0.25) is 0 Å². The summed E-state index contributed by atoms with van der Waals surface area (Å²) in [6.07, 6.45) is 2.31. The predicted molar refractivity (Wildman–Crippen MR) is 59.8 cm³/mol. The van der Waals surface area contributed by atoms with E-state index in [4.69, 9.17) is 10.8 Å². The zero-order valence-corrected chi connectivity index (χ0v) is 8.87. The van der Waals surface area contributed by atoms with Crippen LogP contribution in [0.25, 0.3) is 11.0 Å². The lowest BCUT2D eigenvalue weighted by Gasteiger charge is -2.11. The predicted octanol–water partition coefficient (Wildman–Crippen LogP) is 0.758. The van der Waals surface area contributed by atoms with Crippen molar-refractivity contribution < 1.29 is 5.11 Å². The molecule has 16 heavy (non-hydrogen) atoms. The molecule has 0 amide bonds. The molecule has 0 bridgehead atoms. The molecule has 1 aromatic heterocycles. The summed E-state index contributed by atoms with van der Waals surface area (Å²) in [5.74, 6) is 0.